The molecule has 0 amide bonds. The molecular formula is C22H43NO2. The Labute approximate surface area is 157 Å². The maximum absolute atomic E-state index is 5.64. The molecule has 0 N–H and O–H groups in total. The fourth-order valence-electron chi connectivity index (χ4n) is 3.39. The SMILES string of the molecule is CCCCCCCCCCCCCCCCCCOCC1COC=N1. The van der Waals surface area contributed by atoms with Gasteiger partial charge in [-0.2, -0.15) is 0 Å². The largest absolute Gasteiger partial charge is 0.481 e. The van der Waals surface area contributed by atoms with Crippen LogP contribution < -0.4 is 0 Å². The fraction of sp³-hybridized carbons (Fsp3) is 0.955. The molecular weight excluding hydrogens is 310 g/mol. The molecule has 0 aromatic carbocycles. The molecule has 0 saturated carbocycles. The Morgan fingerprint density at radius 2 is 1.24 bits per heavy atom. The standard InChI is InChI=1S/C22H43NO2/c1-2-3-4-5-6-7-8-9-10-11-12-13-14-15-16-17-18-24-19-22-20-25-21-23-22/h21-22H,2-20H2,1H3. The van der Waals surface area contributed by atoms with Gasteiger partial charge in [-0.05, 0) is 6.42 Å². The lowest BCUT2D eigenvalue weighted by Crippen LogP contribution is -2.15. The minimum atomic E-state index is 0.237. The van der Waals surface area contributed by atoms with Crippen molar-refractivity contribution >= 4 is 6.40 Å². The molecule has 0 radical (unpaired) electrons. The first-order valence-electron chi connectivity index (χ1n) is 11.1. The van der Waals surface area contributed by atoms with Crippen molar-refractivity contribution in [3.05, 3.63) is 0 Å². The number of rotatable bonds is 19. The first-order chi connectivity index (χ1) is 12.4. The molecule has 148 valence electrons. The predicted octanol–water partition coefficient (Wildman–Crippen LogP) is 6.69. The van der Waals surface area contributed by atoms with Gasteiger partial charge in [-0.15, -0.1) is 0 Å². The lowest BCUT2D eigenvalue weighted by molar-refractivity contribution is 0.109. The van der Waals surface area contributed by atoms with Crippen LogP contribution in [0.1, 0.15) is 110 Å². The molecule has 0 fully saturated rings. The van der Waals surface area contributed by atoms with Crippen molar-refractivity contribution in [1.82, 2.24) is 0 Å². The van der Waals surface area contributed by atoms with Crippen LogP contribution in [0.15, 0.2) is 4.99 Å². The van der Waals surface area contributed by atoms with Crippen molar-refractivity contribution in [2.45, 2.75) is 116 Å². The Bertz CT molecular complexity index is 294. The van der Waals surface area contributed by atoms with Gasteiger partial charge in [0.05, 0.1) is 6.61 Å². The van der Waals surface area contributed by atoms with Crippen molar-refractivity contribution < 1.29 is 9.47 Å². The smallest absolute Gasteiger partial charge is 0.169 e. The Hall–Kier alpha value is -0.570. The van der Waals surface area contributed by atoms with E-state index in [9.17, 15) is 0 Å². The van der Waals surface area contributed by atoms with Crippen LogP contribution in [-0.4, -0.2) is 32.3 Å². The maximum Gasteiger partial charge on any atom is 0.169 e. The van der Waals surface area contributed by atoms with Gasteiger partial charge in [0.25, 0.3) is 0 Å². The summed E-state index contributed by atoms with van der Waals surface area (Å²) in [7, 11) is 0. The Morgan fingerprint density at radius 1 is 0.760 bits per heavy atom. The zero-order valence-corrected chi connectivity index (χ0v) is 16.9. The number of hydrogen-bond acceptors (Lipinski definition) is 3. The van der Waals surface area contributed by atoms with Gasteiger partial charge < -0.3 is 9.47 Å². The highest BCUT2D eigenvalue weighted by Crippen LogP contribution is 2.13. The monoisotopic (exact) mass is 353 g/mol. The summed E-state index contributed by atoms with van der Waals surface area (Å²) in [6.07, 6.45) is 24.1. The molecule has 0 aromatic heterocycles. The predicted molar refractivity (Wildman–Crippen MR) is 109 cm³/mol. The molecule has 0 bridgehead atoms. The molecule has 1 rings (SSSR count). The van der Waals surface area contributed by atoms with E-state index in [1.807, 2.05) is 0 Å². The van der Waals surface area contributed by atoms with Crippen LogP contribution in [0.5, 0.6) is 0 Å². The highest BCUT2D eigenvalue weighted by atomic mass is 16.5. The number of unbranched alkanes of at least 4 members (excludes halogenated alkanes) is 15. The fourth-order valence-corrected chi connectivity index (χ4v) is 3.39. The van der Waals surface area contributed by atoms with E-state index in [1.165, 1.54) is 103 Å². The summed E-state index contributed by atoms with van der Waals surface area (Å²) in [6.45, 7) is 4.58. The highest BCUT2D eigenvalue weighted by molar-refractivity contribution is 5.48. The van der Waals surface area contributed by atoms with E-state index in [0.717, 1.165) is 13.2 Å². The third-order valence-corrected chi connectivity index (χ3v) is 5.09. The quantitative estimate of drug-likeness (QED) is 0.242. The Balaban J connectivity index is 1.63. The van der Waals surface area contributed by atoms with Gasteiger partial charge in [0.15, 0.2) is 6.40 Å². The topological polar surface area (TPSA) is 30.8 Å². The van der Waals surface area contributed by atoms with Gasteiger partial charge in [-0.25, -0.2) is 4.99 Å². The second kappa shape index (κ2) is 18.2. The van der Waals surface area contributed by atoms with Gasteiger partial charge in [0.2, 0.25) is 0 Å². The van der Waals surface area contributed by atoms with Gasteiger partial charge in [-0.3, -0.25) is 0 Å². The highest BCUT2D eigenvalue weighted by Gasteiger charge is 2.10. The lowest BCUT2D eigenvalue weighted by atomic mass is 10.0. The molecule has 1 unspecified atom stereocenters. The molecule has 1 aliphatic rings. The molecule has 3 nitrogen and oxygen atoms in total. The van der Waals surface area contributed by atoms with E-state index in [0.29, 0.717) is 6.61 Å². The van der Waals surface area contributed by atoms with Gasteiger partial charge in [0.1, 0.15) is 12.6 Å². The summed E-state index contributed by atoms with van der Waals surface area (Å²) in [5, 5.41) is 0. The molecule has 1 heterocycles. The van der Waals surface area contributed by atoms with E-state index in [2.05, 4.69) is 11.9 Å². The van der Waals surface area contributed by atoms with E-state index in [-0.39, 0.29) is 6.04 Å². The summed E-state index contributed by atoms with van der Waals surface area (Å²) in [4.78, 5) is 4.18. The molecule has 1 aliphatic heterocycles. The minimum absolute atomic E-state index is 0.237. The van der Waals surface area contributed by atoms with Crippen LogP contribution in [0.2, 0.25) is 0 Å². The van der Waals surface area contributed by atoms with Crippen molar-refractivity contribution in [3.8, 4) is 0 Å². The number of hydrogen-bond donors (Lipinski definition) is 0. The van der Waals surface area contributed by atoms with Crippen molar-refractivity contribution in [1.29, 1.82) is 0 Å². The van der Waals surface area contributed by atoms with E-state index < -0.39 is 0 Å². The molecule has 0 saturated heterocycles. The summed E-state index contributed by atoms with van der Waals surface area (Å²) in [5.41, 5.74) is 0. The molecule has 0 aliphatic carbocycles. The van der Waals surface area contributed by atoms with Gasteiger partial charge in [-0.1, -0.05) is 103 Å². The summed E-state index contributed by atoms with van der Waals surface area (Å²) >= 11 is 0. The molecule has 1 atom stereocenters. The zero-order valence-electron chi connectivity index (χ0n) is 16.9. The average molecular weight is 354 g/mol. The summed E-state index contributed by atoms with van der Waals surface area (Å²) in [5.74, 6) is 0. The second-order valence-electron chi connectivity index (χ2n) is 7.62. The molecule has 25 heavy (non-hydrogen) atoms. The normalized spacial score (nSPS) is 16.4. The van der Waals surface area contributed by atoms with E-state index in [1.54, 1.807) is 6.40 Å². The van der Waals surface area contributed by atoms with Crippen LogP contribution in [0.25, 0.3) is 0 Å². The molecule has 0 aromatic rings. The van der Waals surface area contributed by atoms with Crippen molar-refractivity contribution in [3.63, 3.8) is 0 Å². The Morgan fingerprint density at radius 3 is 1.68 bits per heavy atom. The lowest BCUT2D eigenvalue weighted by Gasteiger charge is -2.07. The average Bonchev–Trinajstić information content (AvgIpc) is 3.14. The third-order valence-electron chi connectivity index (χ3n) is 5.09. The first-order valence-corrected chi connectivity index (χ1v) is 11.1. The molecule has 3 heteroatoms. The summed E-state index contributed by atoms with van der Waals surface area (Å²) < 4.78 is 10.7. The van der Waals surface area contributed by atoms with Crippen molar-refractivity contribution in [2.24, 2.45) is 4.99 Å². The van der Waals surface area contributed by atoms with Crippen LogP contribution in [0, 0.1) is 0 Å². The number of nitrogens with zero attached hydrogens (tertiary/aromatic N) is 1. The van der Waals surface area contributed by atoms with E-state index >= 15 is 0 Å². The summed E-state index contributed by atoms with van der Waals surface area (Å²) in [6, 6.07) is 0.237. The van der Waals surface area contributed by atoms with Crippen LogP contribution in [0.3, 0.4) is 0 Å². The number of aliphatic imine (C=N–C) groups is 1. The van der Waals surface area contributed by atoms with Crippen LogP contribution >= 0.6 is 0 Å². The van der Waals surface area contributed by atoms with Crippen molar-refractivity contribution in [2.75, 3.05) is 19.8 Å². The van der Waals surface area contributed by atoms with E-state index in [4.69, 9.17) is 9.47 Å². The van der Waals surface area contributed by atoms with Crippen LogP contribution in [0.4, 0.5) is 0 Å². The van der Waals surface area contributed by atoms with Gasteiger partial charge in [0, 0.05) is 6.61 Å². The first kappa shape index (κ1) is 22.5. The van der Waals surface area contributed by atoms with Gasteiger partial charge >= 0.3 is 0 Å². The van der Waals surface area contributed by atoms with Crippen LogP contribution in [-0.2, 0) is 9.47 Å². The maximum atomic E-state index is 5.64. The number of ether oxygens (including phenoxy) is 2. The Kier molecular flexibility index (Phi) is 16.4. The minimum Gasteiger partial charge on any atom is -0.481 e. The zero-order chi connectivity index (χ0) is 17.8. The third kappa shape index (κ3) is 15.4. The molecule has 0 spiro atoms. The second-order valence-corrected chi connectivity index (χ2v) is 7.62.